The Kier molecular flexibility index (Phi) is 4.69. The van der Waals surface area contributed by atoms with Gasteiger partial charge in [-0.25, -0.2) is 4.39 Å². The third kappa shape index (κ3) is 3.21. The fourth-order valence-corrected chi connectivity index (χ4v) is 3.81. The number of piperazine rings is 1. The van der Waals surface area contributed by atoms with Crippen LogP contribution in [-0.4, -0.2) is 37.6 Å². The molecule has 2 aliphatic rings. The van der Waals surface area contributed by atoms with Gasteiger partial charge in [0.25, 0.3) is 0 Å². The zero-order valence-corrected chi connectivity index (χ0v) is 12.2. The van der Waals surface area contributed by atoms with E-state index in [0.717, 1.165) is 38.3 Å². The molecule has 0 bridgehead atoms. The van der Waals surface area contributed by atoms with Gasteiger partial charge in [-0.2, -0.15) is 0 Å². The number of hydrogen-bond acceptors (Lipinski definition) is 2. The molecule has 0 radical (unpaired) electrons. The van der Waals surface area contributed by atoms with Gasteiger partial charge in [-0.05, 0) is 30.4 Å². The molecule has 1 heterocycles. The first-order valence-electron chi connectivity index (χ1n) is 8.02. The fraction of sp³-hybridized carbons (Fsp3) is 0.647. The van der Waals surface area contributed by atoms with E-state index in [0.29, 0.717) is 11.8 Å². The van der Waals surface area contributed by atoms with Gasteiger partial charge < -0.3 is 10.2 Å². The molecule has 2 fully saturated rings. The summed E-state index contributed by atoms with van der Waals surface area (Å²) in [6, 6.07) is 7.41. The van der Waals surface area contributed by atoms with E-state index in [9.17, 15) is 4.39 Å². The van der Waals surface area contributed by atoms with Crippen LogP contribution in [0.25, 0.3) is 0 Å². The second-order valence-electron chi connectivity index (χ2n) is 6.22. The van der Waals surface area contributed by atoms with E-state index < -0.39 is 0 Å². The summed E-state index contributed by atoms with van der Waals surface area (Å²) in [5.74, 6) is 1.03. The van der Waals surface area contributed by atoms with E-state index in [1.54, 1.807) is 12.1 Å². The molecule has 3 rings (SSSR count). The molecule has 110 valence electrons. The van der Waals surface area contributed by atoms with Gasteiger partial charge in [-0.3, -0.25) is 0 Å². The van der Waals surface area contributed by atoms with Crippen molar-refractivity contribution in [2.45, 2.75) is 31.6 Å². The fourth-order valence-electron chi connectivity index (χ4n) is 3.81. The van der Waals surface area contributed by atoms with Gasteiger partial charge >= 0.3 is 0 Å². The Morgan fingerprint density at radius 2 is 1.85 bits per heavy atom. The zero-order chi connectivity index (χ0) is 13.8. The predicted octanol–water partition coefficient (Wildman–Crippen LogP) is 3.00. The quantitative estimate of drug-likeness (QED) is 0.909. The molecular weight excluding hydrogens is 251 g/mol. The van der Waals surface area contributed by atoms with Crippen molar-refractivity contribution in [1.82, 2.24) is 10.2 Å². The Labute approximate surface area is 121 Å². The maximum atomic E-state index is 14.2. The van der Waals surface area contributed by atoms with Crippen LogP contribution in [0.1, 0.15) is 37.2 Å². The van der Waals surface area contributed by atoms with Crippen molar-refractivity contribution >= 4 is 0 Å². The Hall–Kier alpha value is -0.930. The SMILES string of the molecule is Fc1ccccc1C(CN1CCNCC1)C1CCCC1. The van der Waals surface area contributed by atoms with Gasteiger partial charge in [-0.1, -0.05) is 31.0 Å². The van der Waals surface area contributed by atoms with Crippen molar-refractivity contribution in [3.63, 3.8) is 0 Å². The Bertz CT molecular complexity index is 423. The first-order valence-corrected chi connectivity index (χ1v) is 8.02. The topological polar surface area (TPSA) is 15.3 Å². The maximum Gasteiger partial charge on any atom is 0.126 e. The zero-order valence-electron chi connectivity index (χ0n) is 12.2. The molecular formula is C17H25FN2. The summed E-state index contributed by atoms with van der Waals surface area (Å²) in [6.45, 7) is 5.34. The summed E-state index contributed by atoms with van der Waals surface area (Å²) in [5.41, 5.74) is 0.943. The second kappa shape index (κ2) is 6.68. The molecule has 0 amide bonds. The van der Waals surface area contributed by atoms with Crippen LogP contribution in [0.5, 0.6) is 0 Å². The average molecular weight is 276 g/mol. The third-order valence-electron chi connectivity index (χ3n) is 4.94. The van der Waals surface area contributed by atoms with Gasteiger partial charge in [0.05, 0.1) is 0 Å². The lowest BCUT2D eigenvalue weighted by atomic mass is 9.84. The number of hydrogen-bond donors (Lipinski definition) is 1. The monoisotopic (exact) mass is 276 g/mol. The van der Waals surface area contributed by atoms with Crippen LogP contribution in [0.3, 0.4) is 0 Å². The minimum Gasteiger partial charge on any atom is -0.314 e. The van der Waals surface area contributed by atoms with Gasteiger partial charge in [0.15, 0.2) is 0 Å². The average Bonchev–Trinajstić information content (AvgIpc) is 3.01. The molecule has 1 aliphatic heterocycles. The standard InChI is InChI=1S/C17H25FN2/c18-17-8-4-3-7-15(17)16(14-5-1-2-6-14)13-20-11-9-19-10-12-20/h3-4,7-8,14,16,19H,1-2,5-6,9-13H2. The number of rotatable bonds is 4. The molecule has 20 heavy (non-hydrogen) atoms. The van der Waals surface area contributed by atoms with Crippen molar-refractivity contribution in [2.75, 3.05) is 32.7 Å². The van der Waals surface area contributed by atoms with E-state index in [1.165, 1.54) is 25.7 Å². The molecule has 1 aliphatic carbocycles. The normalized spacial score (nSPS) is 23.1. The van der Waals surface area contributed by atoms with Crippen LogP contribution in [0.15, 0.2) is 24.3 Å². The lowest BCUT2D eigenvalue weighted by Crippen LogP contribution is -2.45. The van der Waals surface area contributed by atoms with Crippen molar-refractivity contribution in [2.24, 2.45) is 5.92 Å². The van der Waals surface area contributed by atoms with Crippen molar-refractivity contribution in [3.05, 3.63) is 35.6 Å². The summed E-state index contributed by atoms with van der Waals surface area (Å²) in [6.07, 6.45) is 5.17. The van der Waals surface area contributed by atoms with Gasteiger partial charge in [-0.15, -0.1) is 0 Å². The van der Waals surface area contributed by atoms with Crippen molar-refractivity contribution < 1.29 is 4.39 Å². The maximum absolute atomic E-state index is 14.2. The molecule has 0 aromatic heterocycles. The summed E-state index contributed by atoms with van der Waals surface area (Å²) >= 11 is 0. The van der Waals surface area contributed by atoms with E-state index in [4.69, 9.17) is 0 Å². The molecule has 1 saturated carbocycles. The molecule has 1 atom stereocenters. The number of nitrogens with zero attached hydrogens (tertiary/aromatic N) is 1. The van der Waals surface area contributed by atoms with Crippen LogP contribution >= 0.6 is 0 Å². The summed E-state index contributed by atoms with van der Waals surface area (Å²) < 4.78 is 14.2. The number of benzene rings is 1. The Balaban J connectivity index is 1.78. The first-order chi connectivity index (χ1) is 9.84. The van der Waals surface area contributed by atoms with Crippen LogP contribution in [0.2, 0.25) is 0 Å². The van der Waals surface area contributed by atoms with Crippen LogP contribution in [0, 0.1) is 11.7 Å². The van der Waals surface area contributed by atoms with Crippen LogP contribution in [-0.2, 0) is 0 Å². The first kappa shape index (κ1) is 14.0. The van der Waals surface area contributed by atoms with Crippen LogP contribution < -0.4 is 5.32 Å². The van der Waals surface area contributed by atoms with E-state index >= 15 is 0 Å². The van der Waals surface area contributed by atoms with Gasteiger partial charge in [0.1, 0.15) is 5.82 Å². The van der Waals surface area contributed by atoms with Gasteiger partial charge in [0.2, 0.25) is 0 Å². The van der Waals surface area contributed by atoms with E-state index in [-0.39, 0.29) is 5.82 Å². The highest BCUT2D eigenvalue weighted by Crippen LogP contribution is 2.38. The summed E-state index contributed by atoms with van der Waals surface area (Å²) in [7, 11) is 0. The smallest absolute Gasteiger partial charge is 0.126 e. The summed E-state index contributed by atoms with van der Waals surface area (Å²) in [4.78, 5) is 2.51. The second-order valence-corrected chi connectivity index (χ2v) is 6.22. The minimum atomic E-state index is -0.0143. The molecule has 3 heteroatoms. The van der Waals surface area contributed by atoms with Gasteiger partial charge in [0, 0.05) is 38.6 Å². The molecule has 1 aromatic carbocycles. The molecule has 1 unspecified atom stereocenters. The van der Waals surface area contributed by atoms with Crippen molar-refractivity contribution in [3.8, 4) is 0 Å². The predicted molar refractivity (Wildman–Crippen MR) is 80.4 cm³/mol. The summed E-state index contributed by atoms with van der Waals surface area (Å²) in [5, 5.41) is 3.39. The lowest BCUT2D eigenvalue weighted by molar-refractivity contribution is 0.204. The molecule has 1 N–H and O–H groups in total. The molecule has 1 aromatic rings. The third-order valence-corrected chi connectivity index (χ3v) is 4.94. The largest absolute Gasteiger partial charge is 0.314 e. The van der Waals surface area contributed by atoms with E-state index in [1.807, 2.05) is 12.1 Å². The Morgan fingerprint density at radius 1 is 1.15 bits per heavy atom. The number of halogens is 1. The molecule has 1 saturated heterocycles. The minimum absolute atomic E-state index is 0.0143. The highest BCUT2D eigenvalue weighted by atomic mass is 19.1. The lowest BCUT2D eigenvalue weighted by Gasteiger charge is -2.33. The van der Waals surface area contributed by atoms with Crippen molar-refractivity contribution in [1.29, 1.82) is 0 Å². The highest BCUT2D eigenvalue weighted by Gasteiger charge is 2.29. The molecule has 0 spiro atoms. The Morgan fingerprint density at radius 3 is 2.55 bits per heavy atom. The van der Waals surface area contributed by atoms with Crippen LogP contribution in [0.4, 0.5) is 4.39 Å². The number of nitrogens with one attached hydrogen (secondary N) is 1. The molecule has 2 nitrogen and oxygen atoms in total. The van der Waals surface area contributed by atoms with E-state index in [2.05, 4.69) is 10.2 Å². The highest BCUT2D eigenvalue weighted by molar-refractivity contribution is 5.23.